The molecule has 0 bridgehead atoms. The number of carboxylic acid groups (broad SMARTS) is 1. The van der Waals surface area contributed by atoms with E-state index in [4.69, 9.17) is 5.11 Å². The summed E-state index contributed by atoms with van der Waals surface area (Å²) in [4.78, 5) is 11.1. The SMILES string of the molecule is CN(c1ccccc1C(CC(=O)O)C1CC1)S(C)(=O)=O. The number of benzene rings is 1. The Morgan fingerprint density at radius 3 is 2.50 bits per heavy atom. The highest BCUT2D eigenvalue weighted by atomic mass is 32.2. The van der Waals surface area contributed by atoms with Crippen LogP contribution in [0.25, 0.3) is 0 Å². The highest BCUT2D eigenvalue weighted by molar-refractivity contribution is 7.92. The van der Waals surface area contributed by atoms with E-state index in [9.17, 15) is 13.2 Å². The lowest BCUT2D eigenvalue weighted by Gasteiger charge is -2.24. The summed E-state index contributed by atoms with van der Waals surface area (Å²) in [5.74, 6) is -0.619. The van der Waals surface area contributed by atoms with Crippen LogP contribution in [0.4, 0.5) is 5.69 Å². The Labute approximate surface area is 119 Å². The molecule has 1 aromatic carbocycles. The van der Waals surface area contributed by atoms with Crippen LogP contribution >= 0.6 is 0 Å². The monoisotopic (exact) mass is 297 g/mol. The third-order valence-electron chi connectivity index (χ3n) is 3.76. The smallest absolute Gasteiger partial charge is 0.303 e. The maximum atomic E-state index is 11.7. The fourth-order valence-electron chi connectivity index (χ4n) is 2.48. The average Bonchev–Trinajstić information content (AvgIpc) is 3.18. The number of para-hydroxylation sites is 1. The molecule has 1 unspecified atom stereocenters. The summed E-state index contributed by atoms with van der Waals surface area (Å²) in [6.07, 6.45) is 3.20. The summed E-state index contributed by atoms with van der Waals surface area (Å²) in [6, 6.07) is 7.16. The second kappa shape index (κ2) is 5.44. The lowest BCUT2D eigenvalue weighted by Crippen LogP contribution is -2.26. The second-order valence-electron chi connectivity index (χ2n) is 5.33. The molecular weight excluding hydrogens is 278 g/mol. The van der Waals surface area contributed by atoms with E-state index in [0.29, 0.717) is 11.6 Å². The normalized spacial score (nSPS) is 16.7. The van der Waals surface area contributed by atoms with Gasteiger partial charge in [0.2, 0.25) is 10.0 Å². The van der Waals surface area contributed by atoms with Gasteiger partial charge in [-0.15, -0.1) is 0 Å². The fraction of sp³-hybridized carbons (Fsp3) is 0.500. The summed E-state index contributed by atoms with van der Waals surface area (Å²) in [7, 11) is -1.86. The molecule has 0 saturated heterocycles. The van der Waals surface area contributed by atoms with Crippen LogP contribution in [0, 0.1) is 5.92 Å². The minimum absolute atomic E-state index is 0.0410. The maximum absolute atomic E-state index is 11.7. The van der Waals surface area contributed by atoms with E-state index >= 15 is 0 Å². The molecule has 2 rings (SSSR count). The van der Waals surface area contributed by atoms with Gasteiger partial charge in [0.25, 0.3) is 0 Å². The summed E-state index contributed by atoms with van der Waals surface area (Å²) in [5, 5.41) is 9.08. The molecule has 1 aliphatic carbocycles. The van der Waals surface area contributed by atoms with Crippen molar-refractivity contribution in [1.29, 1.82) is 0 Å². The number of hydrogen-bond donors (Lipinski definition) is 1. The van der Waals surface area contributed by atoms with Crippen molar-refractivity contribution < 1.29 is 18.3 Å². The molecule has 0 amide bonds. The van der Waals surface area contributed by atoms with Crippen LogP contribution < -0.4 is 4.31 Å². The zero-order valence-corrected chi connectivity index (χ0v) is 12.4. The Kier molecular flexibility index (Phi) is 4.04. The van der Waals surface area contributed by atoms with Crippen molar-refractivity contribution in [2.24, 2.45) is 5.92 Å². The largest absolute Gasteiger partial charge is 0.481 e. The molecule has 6 heteroatoms. The number of rotatable bonds is 6. The molecular formula is C14H19NO4S. The van der Waals surface area contributed by atoms with Crippen molar-refractivity contribution in [2.45, 2.75) is 25.2 Å². The molecule has 0 heterocycles. The van der Waals surface area contributed by atoms with Crippen LogP contribution in [0.3, 0.4) is 0 Å². The summed E-state index contributed by atoms with van der Waals surface area (Å²) >= 11 is 0. The Hall–Kier alpha value is -1.56. The molecule has 0 aromatic heterocycles. The lowest BCUT2D eigenvalue weighted by atomic mass is 9.90. The van der Waals surface area contributed by atoms with Gasteiger partial charge < -0.3 is 5.11 Å². The first-order valence-electron chi connectivity index (χ1n) is 6.55. The maximum Gasteiger partial charge on any atom is 0.303 e. The molecule has 5 nitrogen and oxygen atoms in total. The van der Waals surface area contributed by atoms with E-state index in [-0.39, 0.29) is 12.3 Å². The third-order valence-corrected chi connectivity index (χ3v) is 4.95. The van der Waals surface area contributed by atoms with Crippen molar-refractivity contribution in [2.75, 3.05) is 17.6 Å². The zero-order valence-electron chi connectivity index (χ0n) is 11.6. The molecule has 1 aromatic rings. The van der Waals surface area contributed by atoms with Gasteiger partial charge in [-0.2, -0.15) is 0 Å². The first-order valence-corrected chi connectivity index (χ1v) is 8.40. The van der Waals surface area contributed by atoms with E-state index in [1.165, 1.54) is 11.4 Å². The molecule has 0 aliphatic heterocycles. The molecule has 110 valence electrons. The number of carbonyl (C=O) groups is 1. The van der Waals surface area contributed by atoms with Crippen LogP contribution in [0.1, 0.15) is 30.7 Å². The number of carboxylic acids is 1. The molecule has 0 radical (unpaired) electrons. The number of sulfonamides is 1. The van der Waals surface area contributed by atoms with Gasteiger partial charge in [-0.3, -0.25) is 9.10 Å². The van der Waals surface area contributed by atoms with E-state index in [1.807, 2.05) is 12.1 Å². The topological polar surface area (TPSA) is 74.7 Å². The van der Waals surface area contributed by atoms with Crippen LogP contribution in [0.5, 0.6) is 0 Å². The minimum atomic E-state index is -3.36. The predicted molar refractivity (Wildman–Crippen MR) is 77.4 cm³/mol. The zero-order chi connectivity index (χ0) is 14.9. The fourth-order valence-corrected chi connectivity index (χ4v) is 3.01. The van der Waals surface area contributed by atoms with Crippen molar-refractivity contribution in [3.63, 3.8) is 0 Å². The first kappa shape index (κ1) is 14.8. The van der Waals surface area contributed by atoms with Gasteiger partial charge in [-0.1, -0.05) is 18.2 Å². The van der Waals surface area contributed by atoms with Crippen LogP contribution in [0.15, 0.2) is 24.3 Å². The number of aliphatic carboxylic acids is 1. The van der Waals surface area contributed by atoms with Crippen LogP contribution in [-0.4, -0.2) is 32.8 Å². The van der Waals surface area contributed by atoms with Gasteiger partial charge in [0.1, 0.15) is 0 Å². The molecule has 20 heavy (non-hydrogen) atoms. The van der Waals surface area contributed by atoms with Gasteiger partial charge in [0.05, 0.1) is 18.4 Å². The Bertz CT molecular complexity index is 607. The second-order valence-corrected chi connectivity index (χ2v) is 7.34. The van der Waals surface area contributed by atoms with Gasteiger partial charge in [-0.05, 0) is 36.3 Å². The predicted octanol–water partition coefficient (Wildman–Crippen LogP) is 2.05. The molecule has 0 spiro atoms. The molecule has 1 saturated carbocycles. The van der Waals surface area contributed by atoms with Gasteiger partial charge in [0.15, 0.2) is 0 Å². The highest BCUT2D eigenvalue weighted by Gasteiger charge is 2.35. The molecule has 1 N–H and O–H groups in total. The van der Waals surface area contributed by atoms with Crippen molar-refractivity contribution >= 4 is 21.7 Å². The lowest BCUT2D eigenvalue weighted by molar-refractivity contribution is -0.137. The van der Waals surface area contributed by atoms with Gasteiger partial charge in [-0.25, -0.2) is 8.42 Å². The van der Waals surface area contributed by atoms with Gasteiger partial charge in [0, 0.05) is 7.05 Å². The Morgan fingerprint density at radius 1 is 1.40 bits per heavy atom. The summed E-state index contributed by atoms with van der Waals surface area (Å²) < 4.78 is 24.7. The van der Waals surface area contributed by atoms with E-state index in [2.05, 4.69) is 0 Å². The number of anilines is 1. The molecule has 1 atom stereocenters. The summed E-state index contributed by atoms with van der Waals surface area (Å²) in [6.45, 7) is 0. The average molecular weight is 297 g/mol. The van der Waals surface area contributed by atoms with Gasteiger partial charge >= 0.3 is 5.97 Å². The van der Waals surface area contributed by atoms with Crippen LogP contribution in [-0.2, 0) is 14.8 Å². The molecule has 1 fully saturated rings. The van der Waals surface area contributed by atoms with E-state index < -0.39 is 16.0 Å². The standard InChI is InChI=1S/C14H19NO4S/c1-15(20(2,18)19)13-6-4-3-5-11(13)12(9-14(16)17)10-7-8-10/h3-6,10,12H,7-9H2,1-2H3,(H,16,17). The summed E-state index contributed by atoms with van der Waals surface area (Å²) in [5.41, 5.74) is 1.39. The van der Waals surface area contributed by atoms with E-state index in [1.54, 1.807) is 12.1 Å². The van der Waals surface area contributed by atoms with Crippen molar-refractivity contribution in [3.8, 4) is 0 Å². The third kappa shape index (κ3) is 3.30. The van der Waals surface area contributed by atoms with Crippen molar-refractivity contribution in [1.82, 2.24) is 0 Å². The minimum Gasteiger partial charge on any atom is -0.481 e. The van der Waals surface area contributed by atoms with E-state index in [0.717, 1.165) is 24.7 Å². The van der Waals surface area contributed by atoms with Crippen LogP contribution in [0.2, 0.25) is 0 Å². The number of nitrogens with zero attached hydrogens (tertiary/aromatic N) is 1. The first-order chi connectivity index (χ1) is 9.30. The molecule has 1 aliphatic rings. The Morgan fingerprint density at radius 2 is 2.00 bits per heavy atom. The van der Waals surface area contributed by atoms with Crippen molar-refractivity contribution in [3.05, 3.63) is 29.8 Å². The highest BCUT2D eigenvalue weighted by Crippen LogP contribution is 2.47. The Balaban J connectivity index is 2.42. The quantitative estimate of drug-likeness (QED) is 0.872. The number of hydrogen-bond acceptors (Lipinski definition) is 3.